The Labute approximate surface area is 83.6 Å². The minimum absolute atomic E-state index is 0.301. The second-order valence-electron chi connectivity index (χ2n) is 2.87. The summed E-state index contributed by atoms with van der Waals surface area (Å²) in [7, 11) is 2.98. The van der Waals surface area contributed by atoms with Crippen molar-refractivity contribution >= 4 is 5.97 Å². The first-order valence-corrected chi connectivity index (χ1v) is 4.48. The normalized spacial score (nSPS) is 9.64. The topological polar surface area (TPSA) is 35.5 Å². The number of esters is 1. The molecule has 0 fully saturated rings. The van der Waals surface area contributed by atoms with Crippen LogP contribution in [0.2, 0.25) is 0 Å². The first-order valence-electron chi connectivity index (χ1n) is 4.48. The molecule has 0 heterocycles. The van der Waals surface area contributed by atoms with E-state index in [1.165, 1.54) is 7.11 Å². The Morgan fingerprint density at radius 1 is 1.36 bits per heavy atom. The Morgan fingerprint density at radius 2 is 2.07 bits per heavy atom. The van der Waals surface area contributed by atoms with Gasteiger partial charge in [-0.1, -0.05) is 6.92 Å². The third-order valence-corrected chi connectivity index (χ3v) is 2.10. The van der Waals surface area contributed by atoms with Crippen LogP contribution in [0.15, 0.2) is 18.2 Å². The van der Waals surface area contributed by atoms with Gasteiger partial charge in [-0.3, -0.25) is 0 Å². The Bertz CT molecular complexity index is 331. The van der Waals surface area contributed by atoms with Gasteiger partial charge in [0.15, 0.2) is 0 Å². The highest BCUT2D eigenvalue weighted by molar-refractivity contribution is 5.91. The number of methoxy groups -OCH3 is 2. The van der Waals surface area contributed by atoms with Gasteiger partial charge >= 0.3 is 5.97 Å². The first-order chi connectivity index (χ1) is 6.72. The van der Waals surface area contributed by atoms with Crippen LogP contribution in [0.25, 0.3) is 0 Å². The molecule has 76 valence electrons. The fraction of sp³-hybridized carbons (Fsp3) is 0.364. The lowest BCUT2D eigenvalue weighted by Gasteiger charge is -2.07. The molecule has 0 radical (unpaired) electrons. The highest BCUT2D eigenvalue weighted by Crippen LogP contribution is 2.18. The number of aryl methyl sites for hydroxylation is 1. The lowest BCUT2D eigenvalue weighted by molar-refractivity contribution is 0.0599. The van der Waals surface area contributed by atoms with Crippen LogP contribution in [0.1, 0.15) is 22.8 Å². The molecule has 0 aliphatic carbocycles. The SMILES string of the molecule is CCc1cc(OC)ccc1C(=O)OC. The molecule has 1 aromatic rings. The molecule has 1 rings (SSSR count). The molecule has 0 bridgehead atoms. The maximum atomic E-state index is 11.3. The van der Waals surface area contributed by atoms with E-state index in [9.17, 15) is 4.79 Å². The summed E-state index contributed by atoms with van der Waals surface area (Å²) in [5.41, 5.74) is 1.55. The minimum Gasteiger partial charge on any atom is -0.497 e. The molecule has 0 atom stereocenters. The summed E-state index contributed by atoms with van der Waals surface area (Å²) < 4.78 is 9.75. The van der Waals surface area contributed by atoms with E-state index < -0.39 is 0 Å². The predicted octanol–water partition coefficient (Wildman–Crippen LogP) is 2.04. The number of carbonyl (C=O) groups excluding carboxylic acids is 1. The average Bonchev–Trinajstić information content (AvgIpc) is 2.27. The molecule has 0 N–H and O–H groups in total. The van der Waals surface area contributed by atoms with E-state index in [-0.39, 0.29) is 5.97 Å². The van der Waals surface area contributed by atoms with Crippen LogP contribution in [-0.2, 0) is 11.2 Å². The highest BCUT2D eigenvalue weighted by Gasteiger charge is 2.10. The van der Waals surface area contributed by atoms with E-state index in [1.807, 2.05) is 13.0 Å². The maximum Gasteiger partial charge on any atom is 0.338 e. The number of ether oxygens (including phenoxy) is 2. The van der Waals surface area contributed by atoms with Crippen molar-refractivity contribution in [1.29, 1.82) is 0 Å². The molecule has 0 saturated carbocycles. The standard InChI is InChI=1S/C11H14O3/c1-4-8-7-9(13-2)5-6-10(8)11(12)14-3/h5-7H,4H2,1-3H3. The molecule has 0 aliphatic rings. The molecule has 14 heavy (non-hydrogen) atoms. The van der Waals surface area contributed by atoms with Crippen LogP contribution in [0.3, 0.4) is 0 Å². The average molecular weight is 194 g/mol. The lowest BCUT2D eigenvalue weighted by Crippen LogP contribution is -2.05. The molecule has 0 aliphatic heterocycles. The molecule has 0 saturated heterocycles. The Morgan fingerprint density at radius 3 is 2.57 bits per heavy atom. The molecule has 3 heteroatoms. The quantitative estimate of drug-likeness (QED) is 0.691. The van der Waals surface area contributed by atoms with Gasteiger partial charge in [0.2, 0.25) is 0 Å². The second kappa shape index (κ2) is 4.65. The molecular weight excluding hydrogens is 180 g/mol. The van der Waals surface area contributed by atoms with E-state index in [1.54, 1.807) is 19.2 Å². The van der Waals surface area contributed by atoms with Crippen molar-refractivity contribution in [1.82, 2.24) is 0 Å². The van der Waals surface area contributed by atoms with E-state index in [4.69, 9.17) is 4.74 Å². The van der Waals surface area contributed by atoms with Gasteiger partial charge in [0, 0.05) is 0 Å². The monoisotopic (exact) mass is 194 g/mol. The zero-order chi connectivity index (χ0) is 10.6. The zero-order valence-electron chi connectivity index (χ0n) is 8.66. The number of hydrogen-bond donors (Lipinski definition) is 0. The lowest BCUT2D eigenvalue weighted by atomic mass is 10.1. The molecule has 0 aromatic heterocycles. The first kappa shape index (κ1) is 10.6. The summed E-state index contributed by atoms with van der Waals surface area (Å²) >= 11 is 0. The van der Waals surface area contributed by atoms with Gasteiger partial charge in [-0.2, -0.15) is 0 Å². The van der Waals surface area contributed by atoms with Gasteiger partial charge in [-0.05, 0) is 30.2 Å². The summed E-state index contributed by atoms with van der Waals surface area (Å²) in [6, 6.07) is 5.33. The van der Waals surface area contributed by atoms with E-state index >= 15 is 0 Å². The fourth-order valence-electron chi connectivity index (χ4n) is 1.30. The predicted molar refractivity (Wildman–Crippen MR) is 53.7 cm³/mol. The summed E-state index contributed by atoms with van der Waals surface area (Å²) in [5.74, 6) is 0.457. The van der Waals surface area contributed by atoms with Gasteiger partial charge < -0.3 is 9.47 Å². The molecule has 0 spiro atoms. The number of hydrogen-bond acceptors (Lipinski definition) is 3. The smallest absolute Gasteiger partial charge is 0.338 e. The Kier molecular flexibility index (Phi) is 3.51. The van der Waals surface area contributed by atoms with Crippen LogP contribution in [0.4, 0.5) is 0 Å². The molecule has 1 aromatic carbocycles. The van der Waals surface area contributed by atoms with Crippen molar-refractivity contribution in [3.05, 3.63) is 29.3 Å². The zero-order valence-corrected chi connectivity index (χ0v) is 8.66. The van der Waals surface area contributed by atoms with Crippen LogP contribution in [0, 0.1) is 0 Å². The van der Waals surface area contributed by atoms with Crippen LogP contribution < -0.4 is 4.74 Å². The third kappa shape index (κ3) is 2.05. The summed E-state index contributed by atoms with van der Waals surface area (Å²) in [5, 5.41) is 0. The maximum absolute atomic E-state index is 11.3. The van der Waals surface area contributed by atoms with Gasteiger partial charge in [0.25, 0.3) is 0 Å². The minimum atomic E-state index is -0.301. The van der Waals surface area contributed by atoms with E-state index in [0.29, 0.717) is 5.56 Å². The van der Waals surface area contributed by atoms with Gasteiger partial charge in [-0.25, -0.2) is 4.79 Å². The third-order valence-electron chi connectivity index (χ3n) is 2.10. The van der Waals surface area contributed by atoms with Crippen molar-refractivity contribution in [2.45, 2.75) is 13.3 Å². The molecule has 3 nitrogen and oxygen atoms in total. The number of carbonyl (C=O) groups is 1. The summed E-state index contributed by atoms with van der Waals surface area (Å²) in [4.78, 5) is 11.3. The van der Waals surface area contributed by atoms with E-state index in [0.717, 1.165) is 17.7 Å². The van der Waals surface area contributed by atoms with Crippen molar-refractivity contribution in [3.8, 4) is 5.75 Å². The molecular formula is C11H14O3. The fourth-order valence-corrected chi connectivity index (χ4v) is 1.30. The summed E-state index contributed by atoms with van der Waals surface area (Å²) in [6.07, 6.45) is 0.779. The largest absolute Gasteiger partial charge is 0.497 e. The Hall–Kier alpha value is -1.51. The number of benzene rings is 1. The number of rotatable bonds is 3. The van der Waals surface area contributed by atoms with Crippen LogP contribution in [0.5, 0.6) is 5.75 Å². The van der Waals surface area contributed by atoms with Crippen LogP contribution in [-0.4, -0.2) is 20.2 Å². The van der Waals surface area contributed by atoms with Crippen molar-refractivity contribution in [3.63, 3.8) is 0 Å². The van der Waals surface area contributed by atoms with Crippen LogP contribution >= 0.6 is 0 Å². The molecule has 0 amide bonds. The van der Waals surface area contributed by atoms with Crippen molar-refractivity contribution in [2.75, 3.05) is 14.2 Å². The van der Waals surface area contributed by atoms with Crippen molar-refractivity contribution < 1.29 is 14.3 Å². The van der Waals surface area contributed by atoms with Crippen molar-refractivity contribution in [2.24, 2.45) is 0 Å². The van der Waals surface area contributed by atoms with Gasteiger partial charge in [-0.15, -0.1) is 0 Å². The second-order valence-corrected chi connectivity index (χ2v) is 2.87. The van der Waals surface area contributed by atoms with Gasteiger partial charge in [0.05, 0.1) is 19.8 Å². The Balaban J connectivity index is 3.11. The highest BCUT2D eigenvalue weighted by atomic mass is 16.5. The summed E-state index contributed by atoms with van der Waals surface area (Å²) in [6.45, 7) is 1.99. The molecule has 0 unspecified atom stereocenters. The van der Waals surface area contributed by atoms with E-state index in [2.05, 4.69) is 4.74 Å². The van der Waals surface area contributed by atoms with Gasteiger partial charge in [0.1, 0.15) is 5.75 Å².